The highest BCUT2D eigenvalue weighted by molar-refractivity contribution is 7.90. The van der Waals surface area contributed by atoms with Crippen LogP contribution in [0.25, 0.3) is 0 Å². The summed E-state index contributed by atoms with van der Waals surface area (Å²) in [4.78, 5) is 0. The molecule has 1 fully saturated rings. The fourth-order valence-corrected chi connectivity index (χ4v) is 3.09. The Labute approximate surface area is 94.7 Å². The molecule has 0 aromatic carbocycles. The number of nitrogens with one attached hydrogen (secondary N) is 1. The van der Waals surface area contributed by atoms with Gasteiger partial charge in [-0.1, -0.05) is 5.16 Å². The van der Waals surface area contributed by atoms with Gasteiger partial charge in [0.2, 0.25) is 10.0 Å². The van der Waals surface area contributed by atoms with Crippen LogP contribution in [0.2, 0.25) is 0 Å². The third-order valence-corrected chi connectivity index (χ3v) is 4.54. The van der Waals surface area contributed by atoms with Crippen molar-refractivity contribution >= 4 is 15.9 Å². The molecule has 1 aliphatic heterocycles. The molecule has 0 radical (unpaired) electrons. The van der Waals surface area contributed by atoms with E-state index in [0.29, 0.717) is 26.1 Å². The van der Waals surface area contributed by atoms with Gasteiger partial charge in [-0.3, -0.25) is 0 Å². The average molecular weight is 251 g/mol. The van der Waals surface area contributed by atoms with Crippen molar-refractivity contribution in [1.82, 2.24) is 4.72 Å². The first-order valence-corrected chi connectivity index (χ1v) is 6.58. The quantitative estimate of drug-likeness (QED) is 0.262. The number of oxime groups is 1. The number of sulfonamides is 1. The van der Waals surface area contributed by atoms with Gasteiger partial charge in [0, 0.05) is 13.2 Å². The number of hydrogen-bond acceptors (Lipinski definition) is 5. The van der Waals surface area contributed by atoms with Gasteiger partial charge >= 0.3 is 0 Å². The maximum atomic E-state index is 11.9. The maximum Gasteiger partial charge on any atom is 0.215 e. The van der Waals surface area contributed by atoms with Crippen molar-refractivity contribution in [2.75, 3.05) is 13.2 Å². The zero-order chi connectivity index (χ0) is 12.2. The van der Waals surface area contributed by atoms with Crippen LogP contribution in [0.15, 0.2) is 5.16 Å². The van der Waals surface area contributed by atoms with Gasteiger partial charge in [0.25, 0.3) is 0 Å². The molecule has 0 bridgehead atoms. The van der Waals surface area contributed by atoms with Crippen LogP contribution < -0.4 is 10.5 Å². The summed E-state index contributed by atoms with van der Waals surface area (Å²) in [7, 11) is -3.44. The third kappa shape index (κ3) is 3.32. The van der Waals surface area contributed by atoms with E-state index in [2.05, 4.69) is 9.88 Å². The Kier molecular flexibility index (Phi) is 4.51. The summed E-state index contributed by atoms with van der Waals surface area (Å²) in [5.74, 6) is -0.157. The molecular formula is C8H17N3O4S. The number of rotatable bonds is 4. The number of nitrogens with two attached hydrogens (primary N) is 1. The summed E-state index contributed by atoms with van der Waals surface area (Å²) in [6.07, 6.45) is 0.941. The van der Waals surface area contributed by atoms with Crippen molar-refractivity contribution in [2.24, 2.45) is 10.9 Å². The predicted molar refractivity (Wildman–Crippen MR) is 58.8 cm³/mol. The average Bonchev–Trinajstić information content (AvgIpc) is 2.28. The Morgan fingerprint density at radius 2 is 2.12 bits per heavy atom. The minimum Gasteiger partial charge on any atom is -0.409 e. The Bertz CT molecular complexity index is 348. The summed E-state index contributed by atoms with van der Waals surface area (Å²) in [6, 6.07) is -0.710. The predicted octanol–water partition coefficient (Wildman–Crippen LogP) is -0.780. The van der Waals surface area contributed by atoms with E-state index in [0.717, 1.165) is 0 Å². The molecule has 4 N–H and O–H groups in total. The smallest absolute Gasteiger partial charge is 0.215 e. The minimum absolute atomic E-state index is 0.157. The van der Waals surface area contributed by atoms with Crippen molar-refractivity contribution in [2.45, 2.75) is 31.1 Å². The molecule has 0 aromatic heterocycles. The summed E-state index contributed by atoms with van der Waals surface area (Å²) in [5.41, 5.74) is 5.30. The second-order valence-corrected chi connectivity index (χ2v) is 5.71. The number of ether oxygens (including phenoxy) is 1. The van der Waals surface area contributed by atoms with Crippen molar-refractivity contribution < 1.29 is 18.4 Å². The van der Waals surface area contributed by atoms with E-state index < -0.39 is 21.3 Å². The summed E-state index contributed by atoms with van der Waals surface area (Å²) in [5, 5.41) is 10.7. The fourth-order valence-electron chi connectivity index (χ4n) is 1.48. The third-order valence-electron chi connectivity index (χ3n) is 2.51. The summed E-state index contributed by atoms with van der Waals surface area (Å²) in [6.45, 7) is 2.42. The van der Waals surface area contributed by atoms with Gasteiger partial charge in [-0.2, -0.15) is 0 Å². The number of amidine groups is 1. The zero-order valence-electron chi connectivity index (χ0n) is 9.09. The van der Waals surface area contributed by atoms with Crippen LogP contribution in [0.4, 0.5) is 0 Å². The molecule has 0 aromatic rings. The highest BCUT2D eigenvalue weighted by Gasteiger charge is 2.29. The van der Waals surface area contributed by atoms with Crippen LogP contribution >= 0.6 is 0 Å². The van der Waals surface area contributed by atoms with Gasteiger partial charge in [-0.25, -0.2) is 13.1 Å². The lowest BCUT2D eigenvalue weighted by Crippen LogP contribution is -2.47. The molecule has 0 saturated carbocycles. The van der Waals surface area contributed by atoms with Crippen LogP contribution in [0.3, 0.4) is 0 Å². The zero-order valence-corrected chi connectivity index (χ0v) is 9.90. The normalized spacial score (nSPS) is 21.9. The number of hydrogen-bond donors (Lipinski definition) is 3. The van der Waals surface area contributed by atoms with Crippen LogP contribution in [0.5, 0.6) is 0 Å². The highest BCUT2D eigenvalue weighted by Crippen LogP contribution is 2.14. The van der Waals surface area contributed by atoms with E-state index >= 15 is 0 Å². The molecular weight excluding hydrogens is 234 g/mol. The highest BCUT2D eigenvalue weighted by atomic mass is 32.2. The van der Waals surface area contributed by atoms with E-state index in [1.807, 2.05) is 0 Å². The van der Waals surface area contributed by atoms with Gasteiger partial charge in [-0.15, -0.1) is 0 Å². The maximum absolute atomic E-state index is 11.9. The Morgan fingerprint density at radius 3 is 2.62 bits per heavy atom. The molecule has 0 amide bonds. The molecule has 8 heteroatoms. The van der Waals surface area contributed by atoms with Gasteiger partial charge in [-0.05, 0) is 19.8 Å². The lowest BCUT2D eigenvalue weighted by molar-refractivity contribution is 0.0981. The molecule has 1 aliphatic rings. The first kappa shape index (κ1) is 13.2. The monoisotopic (exact) mass is 251 g/mol. The van der Waals surface area contributed by atoms with Gasteiger partial charge in [0.15, 0.2) is 5.84 Å². The summed E-state index contributed by atoms with van der Waals surface area (Å²) < 4.78 is 31.2. The van der Waals surface area contributed by atoms with Crippen molar-refractivity contribution in [3.8, 4) is 0 Å². The second kappa shape index (κ2) is 5.46. The molecule has 1 heterocycles. The Hall–Kier alpha value is -0.860. The van der Waals surface area contributed by atoms with Gasteiger partial charge < -0.3 is 15.7 Å². The topological polar surface area (TPSA) is 114 Å². The van der Waals surface area contributed by atoms with E-state index in [4.69, 9.17) is 15.7 Å². The van der Waals surface area contributed by atoms with Gasteiger partial charge in [0.05, 0.1) is 11.3 Å². The Balaban J connectivity index is 2.63. The molecule has 1 unspecified atom stereocenters. The van der Waals surface area contributed by atoms with E-state index in [1.54, 1.807) is 0 Å². The van der Waals surface area contributed by atoms with Crippen molar-refractivity contribution in [3.05, 3.63) is 0 Å². The van der Waals surface area contributed by atoms with Crippen molar-refractivity contribution in [1.29, 1.82) is 0 Å². The molecule has 0 aliphatic carbocycles. The molecule has 16 heavy (non-hydrogen) atoms. The van der Waals surface area contributed by atoms with E-state index in [-0.39, 0.29) is 5.84 Å². The standard InChI is InChI=1S/C8H17N3O4S/c1-6(8(9)10-12)11-16(13,14)7-2-4-15-5-3-7/h6-7,11-12H,2-5H2,1H3,(H2,9,10). The largest absolute Gasteiger partial charge is 0.409 e. The molecule has 1 atom stereocenters. The van der Waals surface area contributed by atoms with Crippen LogP contribution in [0, 0.1) is 0 Å². The molecule has 94 valence electrons. The minimum atomic E-state index is -3.44. The lowest BCUT2D eigenvalue weighted by Gasteiger charge is -2.24. The second-order valence-electron chi connectivity index (χ2n) is 3.72. The molecule has 0 spiro atoms. The lowest BCUT2D eigenvalue weighted by atomic mass is 10.2. The van der Waals surface area contributed by atoms with Crippen LogP contribution in [0.1, 0.15) is 19.8 Å². The summed E-state index contributed by atoms with van der Waals surface area (Å²) >= 11 is 0. The number of nitrogens with zero attached hydrogens (tertiary/aromatic N) is 1. The molecule has 1 rings (SSSR count). The van der Waals surface area contributed by atoms with Crippen LogP contribution in [-0.4, -0.2) is 44.0 Å². The van der Waals surface area contributed by atoms with E-state index in [1.165, 1.54) is 6.92 Å². The first-order chi connectivity index (χ1) is 7.47. The Morgan fingerprint density at radius 1 is 1.56 bits per heavy atom. The van der Waals surface area contributed by atoms with Crippen molar-refractivity contribution in [3.63, 3.8) is 0 Å². The van der Waals surface area contributed by atoms with Crippen LogP contribution in [-0.2, 0) is 14.8 Å². The van der Waals surface area contributed by atoms with E-state index in [9.17, 15) is 8.42 Å². The SMILES string of the molecule is CC(NS(=O)(=O)C1CCOCC1)C(N)=NO. The van der Waals surface area contributed by atoms with Gasteiger partial charge in [0.1, 0.15) is 0 Å². The molecule has 1 saturated heterocycles. The molecule has 7 nitrogen and oxygen atoms in total. The fraction of sp³-hybridized carbons (Fsp3) is 0.875. The first-order valence-electron chi connectivity index (χ1n) is 5.03.